The van der Waals surface area contributed by atoms with Crippen molar-refractivity contribution in [3.8, 4) is 5.75 Å². The number of benzene rings is 2. The van der Waals surface area contributed by atoms with E-state index in [2.05, 4.69) is 5.32 Å². The summed E-state index contributed by atoms with van der Waals surface area (Å²) in [5.74, 6) is 0.139. The molecule has 2 aromatic carbocycles. The van der Waals surface area contributed by atoms with Gasteiger partial charge in [0.25, 0.3) is 5.91 Å². The second-order valence-corrected chi connectivity index (χ2v) is 5.01. The zero-order valence-corrected chi connectivity index (χ0v) is 12.5. The van der Waals surface area contributed by atoms with Gasteiger partial charge >= 0.3 is 0 Å². The number of nitrogens with one attached hydrogen (secondary N) is 1. The number of hydrogen-bond donors (Lipinski definition) is 3. The van der Waals surface area contributed by atoms with E-state index < -0.39 is 0 Å². The predicted molar refractivity (Wildman–Crippen MR) is 86.0 cm³/mol. The van der Waals surface area contributed by atoms with E-state index >= 15 is 0 Å². The maximum absolute atomic E-state index is 12.3. The lowest BCUT2D eigenvalue weighted by Crippen LogP contribution is -2.15. The summed E-state index contributed by atoms with van der Waals surface area (Å²) in [6.07, 6.45) is 0. The number of methoxy groups -OCH3 is 1. The Morgan fingerprint density at radius 1 is 1.24 bits per heavy atom. The minimum atomic E-state index is -0.340. The third-order valence-corrected chi connectivity index (χ3v) is 3.46. The van der Waals surface area contributed by atoms with E-state index in [9.17, 15) is 4.79 Å². The van der Waals surface area contributed by atoms with Crippen LogP contribution in [0.2, 0.25) is 5.02 Å². The van der Waals surface area contributed by atoms with Crippen LogP contribution in [0, 0.1) is 6.92 Å². The molecule has 0 fully saturated rings. The summed E-state index contributed by atoms with van der Waals surface area (Å²) >= 11 is 6.03. The summed E-state index contributed by atoms with van der Waals surface area (Å²) in [7, 11) is 1.51. The summed E-state index contributed by atoms with van der Waals surface area (Å²) in [5, 5.41) is 3.33. The maximum atomic E-state index is 12.3. The highest BCUT2D eigenvalue weighted by Gasteiger charge is 2.14. The van der Waals surface area contributed by atoms with Crippen molar-refractivity contribution in [2.45, 2.75) is 6.92 Å². The van der Waals surface area contributed by atoms with Gasteiger partial charge in [0, 0.05) is 22.5 Å². The Bertz CT molecular complexity index is 702. The van der Waals surface area contributed by atoms with Gasteiger partial charge in [-0.25, -0.2) is 0 Å². The van der Waals surface area contributed by atoms with Crippen LogP contribution in [0.15, 0.2) is 30.3 Å². The largest absolute Gasteiger partial charge is 0.495 e. The lowest BCUT2D eigenvalue weighted by molar-refractivity contribution is 0.102. The van der Waals surface area contributed by atoms with E-state index in [-0.39, 0.29) is 5.91 Å². The number of carbonyl (C=O) groups is 1. The average molecular weight is 306 g/mol. The second-order valence-electron chi connectivity index (χ2n) is 4.60. The zero-order chi connectivity index (χ0) is 15.6. The van der Waals surface area contributed by atoms with Crippen molar-refractivity contribution in [1.29, 1.82) is 0 Å². The molecule has 0 saturated heterocycles. The van der Waals surface area contributed by atoms with E-state index in [4.69, 9.17) is 27.8 Å². The second kappa shape index (κ2) is 5.93. The van der Waals surface area contributed by atoms with Gasteiger partial charge in [0.05, 0.1) is 18.4 Å². The summed E-state index contributed by atoms with van der Waals surface area (Å²) < 4.78 is 5.22. The molecule has 1 amide bonds. The number of hydrogen-bond acceptors (Lipinski definition) is 4. The first-order valence-electron chi connectivity index (χ1n) is 6.23. The molecule has 0 aromatic heterocycles. The molecule has 5 nitrogen and oxygen atoms in total. The summed E-state index contributed by atoms with van der Waals surface area (Å²) in [6.45, 7) is 1.84. The summed E-state index contributed by atoms with van der Waals surface area (Å²) in [5.41, 5.74) is 13.9. The normalized spacial score (nSPS) is 10.2. The molecule has 2 aromatic rings. The minimum absolute atomic E-state index is 0.317. The first-order valence-corrected chi connectivity index (χ1v) is 6.60. The van der Waals surface area contributed by atoms with Gasteiger partial charge in [-0.15, -0.1) is 0 Å². The van der Waals surface area contributed by atoms with E-state index in [1.54, 1.807) is 30.3 Å². The van der Waals surface area contributed by atoms with Crippen molar-refractivity contribution in [3.63, 3.8) is 0 Å². The Kier molecular flexibility index (Phi) is 4.23. The first kappa shape index (κ1) is 15.0. The lowest BCUT2D eigenvalue weighted by Gasteiger charge is -2.13. The fourth-order valence-electron chi connectivity index (χ4n) is 1.91. The van der Waals surface area contributed by atoms with Crippen LogP contribution in [0.4, 0.5) is 17.1 Å². The smallest absolute Gasteiger partial charge is 0.257 e. The van der Waals surface area contributed by atoms with Gasteiger partial charge in [-0.1, -0.05) is 11.6 Å². The van der Waals surface area contributed by atoms with Crippen LogP contribution in [0.1, 0.15) is 15.9 Å². The van der Waals surface area contributed by atoms with Crippen LogP contribution in [0.5, 0.6) is 5.75 Å². The van der Waals surface area contributed by atoms with Gasteiger partial charge in [-0.2, -0.15) is 0 Å². The van der Waals surface area contributed by atoms with Crippen molar-refractivity contribution in [2.24, 2.45) is 0 Å². The van der Waals surface area contributed by atoms with Gasteiger partial charge < -0.3 is 21.5 Å². The third kappa shape index (κ3) is 3.20. The number of carbonyl (C=O) groups excluding carboxylic acids is 1. The Balaban J connectivity index is 2.33. The molecule has 2 rings (SSSR count). The van der Waals surface area contributed by atoms with Gasteiger partial charge in [-0.3, -0.25) is 4.79 Å². The molecule has 0 aliphatic carbocycles. The third-order valence-electron chi connectivity index (χ3n) is 3.05. The number of amides is 1. The van der Waals surface area contributed by atoms with Gasteiger partial charge in [-0.05, 0) is 36.8 Å². The molecule has 0 aliphatic rings. The van der Waals surface area contributed by atoms with Crippen LogP contribution < -0.4 is 21.5 Å². The van der Waals surface area contributed by atoms with Crippen molar-refractivity contribution in [2.75, 3.05) is 23.9 Å². The monoisotopic (exact) mass is 305 g/mol. The minimum Gasteiger partial charge on any atom is -0.495 e. The van der Waals surface area contributed by atoms with Gasteiger partial charge in [0.2, 0.25) is 0 Å². The zero-order valence-electron chi connectivity index (χ0n) is 11.7. The van der Waals surface area contributed by atoms with E-state index in [1.165, 1.54) is 7.11 Å². The quantitative estimate of drug-likeness (QED) is 0.760. The van der Waals surface area contributed by atoms with Crippen molar-refractivity contribution in [1.82, 2.24) is 0 Å². The molecule has 0 unspecified atom stereocenters. The molecule has 21 heavy (non-hydrogen) atoms. The number of halogens is 1. The van der Waals surface area contributed by atoms with Crippen LogP contribution >= 0.6 is 11.6 Å². The first-order chi connectivity index (χ1) is 9.92. The number of anilines is 3. The SMILES string of the molecule is COc1cc(Cl)c(C)cc1NC(=O)c1ccc(N)cc1N. The van der Waals surface area contributed by atoms with Crippen molar-refractivity contribution >= 4 is 34.6 Å². The Morgan fingerprint density at radius 3 is 2.57 bits per heavy atom. The van der Waals surface area contributed by atoms with Crippen molar-refractivity contribution in [3.05, 3.63) is 46.5 Å². The molecule has 0 spiro atoms. The molecule has 0 aliphatic heterocycles. The highest BCUT2D eigenvalue weighted by Crippen LogP contribution is 2.31. The Morgan fingerprint density at radius 2 is 1.95 bits per heavy atom. The topological polar surface area (TPSA) is 90.4 Å². The highest BCUT2D eigenvalue weighted by atomic mass is 35.5. The molecule has 0 heterocycles. The van der Waals surface area contributed by atoms with E-state index in [1.807, 2.05) is 6.92 Å². The number of aryl methyl sites for hydroxylation is 1. The molecular weight excluding hydrogens is 290 g/mol. The maximum Gasteiger partial charge on any atom is 0.257 e. The summed E-state index contributed by atoms with van der Waals surface area (Å²) in [6, 6.07) is 8.13. The number of ether oxygens (including phenoxy) is 1. The molecule has 110 valence electrons. The fourth-order valence-corrected chi connectivity index (χ4v) is 2.06. The Labute approximate surface area is 127 Å². The standard InChI is InChI=1S/C15H16ClN3O2/c1-8-5-13(14(21-2)7-11(8)16)19-15(20)10-4-3-9(17)6-12(10)18/h3-7H,17-18H2,1-2H3,(H,19,20). The molecular formula is C15H16ClN3O2. The molecule has 0 saturated carbocycles. The van der Waals surface area contributed by atoms with Gasteiger partial charge in [0.1, 0.15) is 5.75 Å². The number of rotatable bonds is 3. The van der Waals surface area contributed by atoms with Crippen LogP contribution in [0.3, 0.4) is 0 Å². The molecule has 6 heteroatoms. The van der Waals surface area contributed by atoms with E-state index in [0.29, 0.717) is 33.4 Å². The number of nitrogens with two attached hydrogens (primary N) is 2. The van der Waals surface area contributed by atoms with Crippen molar-refractivity contribution < 1.29 is 9.53 Å². The summed E-state index contributed by atoms with van der Waals surface area (Å²) in [4.78, 5) is 12.3. The number of nitrogen functional groups attached to an aromatic ring is 2. The predicted octanol–water partition coefficient (Wildman–Crippen LogP) is 3.07. The van der Waals surface area contributed by atoms with Crippen LogP contribution in [0.25, 0.3) is 0 Å². The van der Waals surface area contributed by atoms with Gasteiger partial charge in [0.15, 0.2) is 0 Å². The molecule has 0 bridgehead atoms. The molecule has 5 N–H and O–H groups in total. The lowest BCUT2D eigenvalue weighted by atomic mass is 10.1. The average Bonchev–Trinajstić information content (AvgIpc) is 2.42. The van der Waals surface area contributed by atoms with Crippen LogP contribution in [-0.2, 0) is 0 Å². The van der Waals surface area contributed by atoms with Crippen LogP contribution in [-0.4, -0.2) is 13.0 Å². The molecule has 0 atom stereocenters. The molecule has 0 radical (unpaired) electrons. The fraction of sp³-hybridized carbons (Fsp3) is 0.133. The van der Waals surface area contributed by atoms with E-state index in [0.717, 1.165) is 5.56 Å². The Hall–Kier alpha value is -2.40. The highest BCUT2D eigenvalue weighted by molar-refractivity contribution is 6.31.